The molecular weight excluding hydrogens is 250 g/mol. The Morgan fingerprint density at radius 1 is 1.16 bits per heavy atom. The van der Waals surface area contributed by atoms with Gasteiger partial charge in [-0.05, 0) is 54.9 Å². The fourth-order valence-electron chi connectivity index (χ4n) is 2.80. The molecule has 0 fully saturated rings. The molecule has 1 nitrogen and oxygen atoms in total. The molecule has 19 heavy (non-hydrogen) atoms. The number of benzene rings is 1. The minimum absolute atomic E-state index is 0.156. The molecule has 1 aliphatic carbocycles. The first-order valence-electron chi connectivity index (χ1n) is 7.21. The first kappa shape index (κ1) is 12.9. The number of aryl methyl sites for hydroxylation is 3. The van der Waals surface area contributed by atoms with E-state index in [2.05, 4.69) is 37.3 Å². The highest BCUT2D eigenvalue weighted by atomic mass is 32.1. The molecule has 2 N–H and O–H groups in total. The second kappa shape index (κ2) is 5.48. The van der Waals surface area contributed by atoms with Crippen molar-refractivity contribution < 1.29 is 0 Å². The van der Waals surface area contributed by atoms with Crippen molar-refractivity contribution >= 4 is 11.3 Å². The lowest BCUT2D eigenvalue weighted by Crippen LogP contribution is -2.11. The second-order valence-electron chi connectivity index (χ2n) is 5.43. The molecule has 0 spiro atoms. The van der Waals surface area contributed by atoms with E-state index in [4.69, 9.17) is 5.73 Å². The third-order valence-corrected chi connectivity index (χ3v) is 5.39. The monoisotopic (exact) mass is 271 g/mol. The summed E-state index contributed by atoms with van der Waals surface area (Å²) in [6.45, 7) is 2.19. The van der Waals surface area contributed by atoms with Gasteiger partial charge in [-0.25, -0.2) is 0 Å². The number of hydrogen-bond donors (Lipinski definition) is 1. The normalized spacial score (nSPS) is 15.5. The highest BCUT2D eigenvalue weighted by Gasteiger charge is 2.18. The highest BCUT2D eigenvalue weighted by Crippen LogP contribution is 2.34. The minimum atomic E-state index is 0.156. The van der Waals surface area contributed by atoms with Crippen molar-refractivity contribution in [2.24, 2.45) is 5.73 Å². The van der Waals surface area contributed by atoms with Crippen LogP contribution in [-0.2, 0) is 25.7 Å². The summed E-state index contributed by atoms with van der Waals surface area (Å²) in [5, 5.41) is 0. The molecule has 1 aromatic heterocycles. The lowest BCUT2D eigenvalue weighted by Gasteiger charge is -2.10. The van der Waals surface area contributed by atoms with Crippen LogP contribution in [-0.4, -0.2) is 0 Å². The molecule has 0 bridgehead atoms. The lowest BCUT2D eigenvalue weighted by atomic mass is 10.0. The highest BCUT2D eigenvalue weighted by molar-refractivity contribution is 7.12. The molecule has 3 rings (SSSR count). The standard InChI is InChI=1S/C17H21NS/c1-2-12-6-8-13(9-7-12)10-15(18)17-11-14-4-3-5-16(14)19-17/h6-9,11,15H,2-5,10,18H2,1H3. The van der Waals surface area contributed by atoms with Crippen molar-refractivity contribution in [3.63, 3.8) is 0 Å². The summed E-state index contributed by atoms with van der Waals surface area (Å²) in [5.41, 5.74) is 10.7. The van der Waals surface area contributed by atoms with E-state index in [1.165, 1.54) is 35.3 Å². The fourth-order valence-corrected chi connectivity index (χ4v) is 4.06. The Kier molecular flexibility index (Phi) is 3.72. The van der Waals surface area contributed by atoms with E-state index in [9.17, 15) is 0 Å². The number of fused-ring (bicyclic) bond motifs is 1. The average Bonchev–Trinajstić information content (AvgIpc) is 3.00. The number of rotatable bonds is 4. The van der Waals surface area contributed by atoms with Crippen LogP contribution < -0.4 is 5.73 Å². The summed E-state index contributed by atoms with van der Waals surface area (Å²) >= 11 is 1.93. The first-order chi connectivity index (χ1) is 9.26. The molecule has 1 aromatic carbocycles. The maximum Gasteiger partial charge on any atom is 0.0430 e. The fraction of sp³-hybridized carbons (Fsp3) is 0.412. The van der Waals surface area contributed by atoms with Crippen molar-refractivity contribution in [3.05, 3.63) is 56.8 Å². The van der Waals surface area contributed by atoms with Gasteiger partial charge in [0.25, 0.3) is 0 Å². The van der Waals surface area contributed by atoms with Crippen molar-refractivity contribution in [1.82, 2.24) is 0 Å². The van der Waals surface area contributed by atoms with Gasteiger partial charge in [0.05, 0.1) is 0 Å². The van der Waals surface area contributed by atoms with E-state index in [1.54, 1.807) is 10.4 Å². The second-order valence-corrected chi connectivity index (χ2v) is 6.60. The van der Waals surface area contributed by atoms with E-state index in [0.717, 1.165) is 12.8 Å². The molecule has 0 aliphatic heterocycles. The topological polar surface area (TPSA) is 26.0 Å². The predicted molar refractivity (Wildman–Crippen MR) is 82.8 cm³/mol. The smallest absolute Gasteiger partial charge is 0.0430 e. The molecule has 1 unspecified atom stereocenters. The minimum Gasteiger partial charge on any atom is -0.323 e. The van der Waals surface area contributed by atoms with Gasteiger partial charge in [0.1, 0.15) is 0 Å². The molecule has 0 saturated carbocycles. The Labute approximate surface area is 119 Å². The molecule has 1 aliphatic rings. The number of hydrogen-bond acceptors (Lipinski definition) is 2. The summed E-state index contributed by atoms with van der Waals surface area (Å²) in [6.07, 6.45) is 5.89. The van der Waals surface area contributed by atoms with Gasteiger partial charge in [-0.3, -0.25) is 0 Å². The van der Waals surface area contributed by atoms with E-state index in [0.29, 0.717) is 0 Å². The zero-order valence-electron chi connectivity index (χ0n) is 11.5. The van der Waals surface area contributed by atoms with E-state index in [1.807, 2.05) is 11.3 Å². The van der Waals surface area contributed by atoms with Gasteiger partial charge >= 0.3 is 0 Å². The maximum absolute atomic E-state index is 6.37. The third kappa shape index (κ3) is 2.75. The Morgan fingerprint density at radius 3 is 2.58 bits per heavy atom. The van der Waals surface area contributed by atoms with E-state index < -0.39 is 0 Å². The zero-order valence-corrected chi connectivity index (χ0v) is 12.3. The molecule has 2 heteroatoms. The lowest BCUT2D eigenvalue weighted by molar-refractivity contribution is 0.735. The van der Waals surface area contributed by atoms with Gasteiger partial charge in [0.15, 0.2) is 0 Å². The number of nitrogens with two attached hydrogens (primary N) is 1. The summed E-state index contributed by atoms with van der Waals surface area (Å²) in [7, 11) is 0. The SMILES string of the molecule is CCc1ccc(CC(N)c2cc3c(s2)CCC3)cc1. The molecule has 2 aromatic rings. The Balaban J connectivity index is 1.70. The van der Waals surface area contributed by atoms with E-state index in [-0.39, 0.29) is 6.04 Å². The van der Waals surface area contributed by atoms with Crippen LogP contribution in [0.25, 0.3) is 0 Å². The molecule has 1 heterocycles. The number of thiophene rings is 1. The van der Waals surface area contributed by atoms with Gasteiger partial charge < -0.3 is 5.73 Å². The largest absolute Gasteiger partial charge is 0.323 e. The zero-order chi connectivity index (χ0) is 13.2. The summed E-state index contributed by atoms with van der Waals surface area (Å²) < 4.78 is 0. The van der Waals surface area contributed by atoms with Gasteiger partial charge in [0.2, 0.25) is 0 Å². The van der Waals surface area contributed by atoms with Gasteiger partial charge in [-0.15, -0.1) is 11.3 Å². The van der Waals surface area contributed by atoms with Gasteiger partial charge in [-0.1, -0.05) is 31.2 Å². The van der Waals surface area contributed by atoms with Crippen LogP contribution in [0.4, 0.5) is 0 Å². The van der Waals surface area contributed by atoms with Crippen molar-refractivity contribution in [2.45, 2.75) is 45.1 Å². The Hall–Kier alpha value is -1.12. The van der Waals surface area contributed by atoms with Crippen molar-refractivity contribution in [1.29, 1.82) is 0 Å². The van der Waals surface area contributed by atoms with Gasteiger partial charge in [-0.2, -0.15) is 0 Å². The molecule has 0 radical (unpaired) electrons. The van der Waals surface area contributed by atoms with E-state index >= 15 is 0 Å². The Bertz CT molecular complexity index is 532. The molecule has 100 valence electrons. The third-order valence-electron chi connectivity index (χ3n) is 4.02. The van der Waals surface area contributed by atoms with Crippen molar-refractivity contribution in [3.8, 4) is 0 Å². The van der Waals surface area contributed by atoms with Gasteiger partial charge in [0, 0.05) is 15.8 Å². The molecule has 0 amide bonds. The summed E-state index contributed by atoms with van der Waals surface area (Å²) in [5.74, 6) is 0. The average molecular weight is 271 g/mol. The van der Waals surface area contributed by atoms with Crippen LogP contribution in [0.5, 0.6) is 0 Å². The molecule has 1 atom stereocenters. The molecule has 0 saturated heterocycles. The quantitative estimate of drug-likeness (QED) is 0.892. The van der Waals surface area contributed by atoms with Crippen LogP contribution in [0, 0.1) is 0 Å². The van der Waals surface area contributed by atoms with Crippen LogP contribution in [0.1, 0.15) is 45.8 Å². The Morgan fingerprint density at radius 2 is 1.89 bits per heavy atom. The predicted octanol–water partition coefficient (Wildman–Crippen LogP) is 4.04. The van der Waals surface area contributed by atoms with Crippen LogP contribution in [0.15, 0.2) is 30.3 Å². The van der Waals surface area contributed by atoms with Crippen LogP contribution in [0.2, 0.25) is 0 Å². The summed E-state index contributed by atoms with van der Waals surface area (Å²) in [4.78, 5) is 2.94. The van der Waals surface area contributed by atoms with Crippen molar-refractivity contribution in [2.75, 3.05) is 0 Å². The first-order valence-corrected chi connectivity index (χ1v) is 8.03. The maximum atomic E-state index is 6.37. The van der Waals surface area contributed by atoms with Crippen LogP contribution >= 0.6 is 11.3 Å². The molecular formula is C17H21NS. The summed E-state index contributed by atoms with van der Waals surface area (Å²) in [6, 6.07) is 11.4. The van der Waals surface area contributed by atoms with Crippen LogP contribution in [0.3, 0.4) is 0 Å².